The summed E-state index contributed by atoms with van der Waals surface area (Å²) in [6, 6.07) is 10.4. The van der Waals surface area contributed by atoms with Crippen molar-refractivity contribution in [2.75, 3.05) is 29.6 Å². The van der Waals surface area contributed by atoms with E-state index in [4.69, 9.17) is 16.4 Å². The van der Waals surface area contributed by atoms with Gasteiger partial charge in [-0.2, -0.15) is 0 Å². The lowest BCUT2D eigenvalue weighted by molar-refractivity contribution is -0.0102. The Bertz CT molecular complexity index is 1460. The first kappa shape index (κ1) is 26.9. The molecular weight excluding hydrogens is 525 g/mol. The van der Waals surface area contributed by atoms with Crippen LogP contribution in [-0.2, 0) is 9.73 Å². The van der Waals surface area contributed by atoms with Crippen molar-refractivity contribution in [2.24, 2.45) is 0 Å². The van der Waals surface area contributed by atoms with Gasteiger partial charge in [-0.15, -0.1) is 0 Å². The Hall–Kier alpha value is -3.11. The molecule has 1 saturated heterocycles. The second-order valence-corrected chi connectivity index (χ2v) is 11.7. The molecule has 1 unspecified atom stereocenters. The van der Waals surface area contributed by atoms with E-state index in [2.05, 4.69) is 10.3 Å². The van der Waals surface area contributed by atoms with E-state index in [0.29, 0.717) is 28.9 Å². The fraction of sp³-hybridized carbons (Fsp3) is 0.308. The van der Waals surface area contributed by atoms with E-state index in [0.717, 1.165) is 0 Å². The highest BCUT2D eigenvalue weighted by atomic mass is 35.5. The monoisotopic (exact) mass is 550 g/mol. The summed E-state index contributed by atoms with van der Waals surface area (Å²) in [5.41, 5.74) is 1.90. The molecule has 2 aromatic carbocycles. The van der Waals surface area contributed by atoms with Gasteiger partial charge in [0.25, 0.3) is 5.91 Å². The molecule has 37 heavy (non-hydrogen) atoms. The molecule has 11 heteroatoms. The molecule has 1 atom stereocenters. The van der Waals surface area contributed by atoms with Crippen LogP contribution in [0.15, 0.2) is 53.6 Å². The molecule has 1 fully saturated rings. The summed E-state index contributed by atoms with van der Waals surface area (Å²) in [6.45, 7) is 2.00. The Balaban J connectivity index is 1.80. The molecule has 0 saturated carbocycles. The van der Waals surface area contributed by atoms with Crippen LogP contribution in [0.5, 0.6) is 0 Å². The van der Waals surface area contributed by atoms with Gasteiger partial charge in [0.15, 0.2) is 0 Å². The number of benzene rings is 2. The van der Waals surface area contributed by atoms with Crippen molar-refractivity contribution in [3.8, 4) is 11.1 Å². The predicted octanol–water partition coefficient (Wildman–Crippen LogP) is 6.76. The van der Waals surface area contributed by atoms with E-state index >= 15 is 0 Å². The van der Waals surface area contributed by atoms with Crippen LogP contribution < -0.4 is 10.2 Å². The summed E-state index contributed by atoms with van der Waals surface area (Å²) in [4.78, 5) is 20.1. The number of carbonyl (C=O) groups excluding carboxylic acids is 1. The molecule has 2 N–H and O–H groups in total. The predicted molar refractivity (Wildman–Crippen MR) is 140 cm³/mol. The van der Waals surface area contributed by atoms with E-state index in [9.17, 15) is 22.2 Å². The number of amides is 1. The van der Waals surface area contributed by atoms with E-state index in [-0.39, 0.29) is 47.1 Å². The maximum absolute atomic E-state index is 14.2. The molecule has 0 spiro atoms. The van der Waals surface area contributed by atoms with E-state index in [1.807, 2.05) is 0 Å². The van der Waals surface area contributed by atoms with Gasteiger partial charge >= 0.3 is 0 Å². The third-order valence-corrected chi connectivity index (χ3v) is 7.80. The van der Waals surface area contributed by atoms with Gasteiger partial charge in [0.1, 0.15) is 11.6 Å². The van der Waals surface area contributed by atoms with Crippen molar-refractivity contribution in [3.05, 3.63) is 70.6 Å². The lowest BCUT2D eigenvalue weighted by Gasteiger charge is -2.26. The summed E-state index contributed by atoms with van der Waals surface area (Å²) in [7, 11) is -3.01. The number of halogens is 4. The highest BCUT2D eigenvalue weighted by molar-refractivity contribution is 7.91. The minimum Gasteiger partial charge on any atom is -0.356 e. The van der Waals surface area contributed by atoms with Crippen molar-refractivity contribution in [3.63, 3.8) is 0 Å². The average Bonchev–Trinajstić information content (AvgIpc) is 3.00. The zero-order chi connectivity index (χ0) is 27.0. The highest BCUT2D eigenvalue weighted by Gasteiger charge is 2.33. The van der Waals surface area contributed by atoms with Crippen LogP contribution in [0.3, 0.4) is 0 Å². The third-order valence-electron chi connectivity index (χ3n) is 6.34. The van der Waals surface area contributed by atoms with Gasteiger partial charge in [-0.1, -0.05) is 23.7 Å². The maximum atomic E-state index is 14.2. The Morgan fingerprint density at radius 2 is 1.95 bits per heavy atom. The minimum absolute atomic E-state index is 0.0147. The summed E-state index contributed by atoms with van der Waals surface area (Å²) < 4.78 is 62.3. The van der Waals surface area contributed by atoms with Gasteiger partial charge in [0.2, 0.25) is 5.92 Å². The Kier molecular flexibility index (Phi) is 7.52. The molecule has 1 aliphatic rings. The molecule has 6 nitrogen and oxygen atoms in total. The molecular formula is C26H26ClF3N4O2S. The fourth-order valence-corrected chi connectivity index (χ4v) is 5.15. The standard InChI is InChI=1S/C26H26ClF3N4O2S/c1-16-20(17-7-8-21(27)22(28)13-17)15-32-24(34-11-4-9-26(29,30)10-12-34)23(16)25(35)33-18-5-3-6-19(14-18)37(2,31)36/h3,5-8,13-15,31H,4,9-12H2,1-2H3,(H,33,35). The van der Waals surface area contributed by atoms with Gasteiger partial charge in [-0.3, -0.25) is 4.79 Å². The van der Waals surface area contributed by atoms with Crippen molar-refractivity contribution in [1.82, 2.24) is 4.98 Å². The van der Waals surface area contributed by atoms with E-state index in [1.54, 1.807) is 30.0 Å². The smallest absolute Gasteiger partial charge is 0.259 e. The largest absolute Gasteiger partial charge is 0.356 e. The normalized spacial score (nSPS) is 17.1. The zero-order valence-electron chi connectivity index (χ0n) is 20.3. The van der Waals surface area contributed by atoms with Gasteiger partial charge < -0.3 is 10.2 Å². The van der Waals surface area contributed by atoms with Crippen molar-refractivity contribution >= 4 is 38.7 Å². The summed E-state index contributed by atoms with van der Waals surface area (Å²) in [6.07, 6.45) is 2.40. The molecule has 2 heterocycles. The number of hydrogen-bond donors (Lipinski definition) is 2. The van der Waals surface area contributed by atoms with E-state index in [1.165, 1.54) is 36.7 Å². The topological polar surface area (TPSA) is 86.2 Å². The number of aromatic nitrogens is 1. The number of alkyl halides is 2. The second-order valence-electron chi connectivity index (χ2n) is 9.15. The van der Waals surface area contributed by atoms with E-state index < -0.39 is 27.4 Å². The van der Waals surface area contributed by atoms with Crippen molar-refractivity contribution in [1.29, 1.82) is 4.78 Å². The fourth-order valence-electron chi connectivity index (χ4n) is 4.34. The maximum Gasteiger partial charge on any atom is 0.259 e. The summed E-state index contributed by atoms with van der Waals surface area (Å²) in [5, 5.41) is 2.72. The molecule has 0 radical (unpaired) electrons. The van der Waals surface area contributed by atoms with Gasteiger partial charge in [0.05, 0.1) is 20.3 Å². The van der Waals surface area contributed by atoms with Gasteiger partial charge in [-0.25, -0.2) is 27.1 Å². The van der Waals surface area contributed by atoms with Crippen LogP contribution in [0.1, 0.15) is 35.2 Å². The SMILES string of the molecule is Cc1c(-c2ccc(Cl)c(F)c2)cnc(N2CCCC(F)(F)CC2)c1C(=O)Nc1cccc(S(C)(=N)=O)c1. The number of nitrogens with one attached hydrogen (secondary N) is 2. The molecule has 196 valence electrons. The van der Waals surface area contributed by atoms with Crippen molar-refractivity contribution < 1.29 is 22.2 Å². The Morgan fingerprint density at radius 3 is 2.65 bits per heavy atom. The van der Waals surface area contributed by atoms with Crippen LogP contribution >= 0.6 is 11.6 Å². The Morgan fingerprint density at radius 1 is 1.19 bits per heavy atom. The first-order chi connectivity index (χ1) is 17.4. The van der Waals surface area contributed by atoms with Crippen LogP contribution in [0.4, 0.5) is 24.7 Å². The molecule has 4 rings (SSSR count). The molecule has 3 aromatic rings. The van der Waals surface area contributed by atoms with Gasteiger partial charge in [-0.05, 0) is 54.8 Å². The highest BCUT2D eigenvalue weighted by Crippen LogP contribution is 2.35. The lowest BCUT2D eigenvalue weighted by atomic mass is 9.97. The molecule has 1 aliphatic heterocycles. The quantitative estimate of drug-likeness (QED) is 0.367. The minimum atomic E-state index is -3.01. The number of nitrogens with zero attached hydrogens (tertiary/aromatic N) is 2. The average molecular weight is 551 g/mol. The first-order valence-electron chi connectivity index (χ1n) is 11.6. The second kappa shape index (κ2) is 10.3. The zero-order valence-corrected chi connectivity index (χ0v) is 21.9. The first-order valence-corrected chi connectivity index (χ1v) is 13.9. The summed E-state index contributed by atoms with van der Waals surface area (Å²) >= 11 is 5.83. The summed E-state index contributed by atoms with van der Waals surface area (Å²) in [5.74, 6) is -3.73. The van der Waals surface area contributed by atoms with Crippen LogP contribution in [0, 0.1) is 17.5 Å². The number of rotatable bonds is 5. The van der Waals surface area contributed by atoms with Crippen LogP contribution in [-0.4, -0.2) is 40.4 Å². The molecule has 1 aromatic heterocycles. The molecule has 0 aliphatic carbocycles. The number of pyridine rings is 1. The van der Waals surface area contributed by atoms with Crippen molar-refractivity contribution in [2.45, 2.75) is 37.0 Å². The number of carbonyl (C=O) groups is 1. The number of anilines is 2. The Labute approximate surface area is 218 Å². The number of hydrogen-bond acceptors (Lipinski definition) is 5. The third kappa shape index (κ3) is 6.07. The lowest BCUT2D eigenvalue weighted by Crippen LogP contribution is -2.30. The molecule has 1 amide bonds. The van der Waals surface area contributed by atoms with Crippen LogP contribution in [0.2, 0.25) is 5.02 Å². The van der Waals surface area contributed by atoms with Gasteiger partial charge in [0, 0.05) is 54.5 Å². The molecule has 0 bridgehead atoms. The van der Waals surface area contributed by atoms with Crippen LogP contribution in [0.25, 0.3) is 11.1 Å².